The van der Waals surface area contributed by atoms with Crippen LogP contribution in [0, 0.1) is 0 Å². The Morgan fingerprint density at radius 3 is 2.50 bits per heavy atom. The summed E-state index contributed by atoms with van der Waals surface area (Å²) in [4.78, 5) is 22.7. The SMILES string of the molecule is CC(NCCCC(=O)NC1CC1)C(=O)NCC(F)(F)F. The second-order valence-corrected chi connectivity index (χ2v) is 4.95. The molecule has 1 saturated carbocycles. The number of carbonyl (C=O) groups excluding carboxylic acids is 2. The molecule has 116 valence electrons. The summed E-state index contributed by atoms with van der Waals surface area (Å²) in [6, 6.07) is -0.397. The first-order valence-electron chi connectivity index (χ1n) is 6.65. The lowest BCUT2D eigenvalue weighted by Gasteiger charge is -2.15. The van der Waals surface area contributed by atoms with E-state index in [2.05, 4.69) is 10.6 Å². The number of alkyl halides is 3. The zero-order valence-corrected chi connectivity index (χ0v) is 11.3. The summed E-state index contributed by atoms with van der Waals surface area (Å²) < 4.78 is 35.7. The van der Waals surface area contributed by atoms with E-state index in [1.54, 1.807) is 5.32 Å². The van der Waals surface area contributed by atoms with Crippen molar-refractivity contribution in [3.8, 4) is 0 Å². The first kappa shape index (κ1) is 16.7. The van der Waals surface area contributed by atoms with Crippen molar-refractivity contribution in [2.45, 2.75) is 50.9 Å². The van der Waals surface area contributed by atoms with Crippen molar-refractivity contribution in [3.05, 3.63) is 0 Å². The molecule has 5 nitrogen and oxygen atoms in total. The van der Waals surface area contributed by atoms with Crippen LogP contribution < -0.4 is 16.0 Å². The van der Waals surface area contributed by atoms with E-state index < -0.39 is 24.7 Å². The molecule has 3 N–H and O–H groups in total. The highest BCUT2D eigenvalue weighted by molar-refractivity contribution is 5.81. The van der Waals surface area contributed by atoms with Crippen LogP contribution in [0.2, 0.25) is 0 Å². The molecule has 1 atom stereocenters. The van der Waals surface area contributed by atoms with Crippen LogP contribution in [0.5, 0.6) is 0 Å². The van der Waals surface area contributed by atoms with Crippen LogP contribution in [0.25, 0.3) is 0 Å². The molecular weight excluding hydrogens is 275 g/mol. The molecule has 1 unspecified atom stereocenters. The maximum Gasteiger partial charge on any atom is 0.405 e. The fourth-order valence-corrected chi connectivity index (χ4v) is 1.53. The average Bonchev–Trinajstić information content (AvgIpc) is 3.14. The van der Waals surface area contributed by atoms with Crippen LogP contribution in [0.3, 0.4) is 0 Å². The van der Waals surface area contributed by atoms with E-state index in [1.807, 2.05) is 0 Å². The number of nitrogens with one attached hydrogen (secondary N) is 3. The third kappa shape index (κ3) is 7.98. The Kier molecular flexibility index (Phi) is 6.25. The van der Waals surface area contributed by atoms with E-state index in [0.29, 0.717) is 25.4 Å². The fourth-order valence-electron chi connectivity index (χ4n) is 1.53. The summed E-state index contributed by atoms with van der Waals surface area (Å²) in [6.07, 6.45) is -1.47. The minimum absolute atomic E-state index is 0.0246. The van der Waals surface area contributed by atoms with Gasteiger partial charge in [-0.3, -0.25) is 9.59 Å². The van der Waals surface area contributed by atoms with Crippen LogP contribution in [0.4, 0.5) is 13.2 Å². The first-order chi connectivity index (χ1) is 9.28. The van der Waals surface area contributed by atoms with Crippen LogP contribution in [-0.4, -0.2) is 43.2 Å². The van der Waals surface area contributed by atoms with Gasteiger partial charge in [0.15, 0.2) is 0 Å². The van der Waals surface area contributed by atoms with Crippen LogP contribution in [0.15, 0.2) is 0 Å². The zero-order chi connectivity index (χ0) is 15.2. The number of halogens is 3. The monoisotopic (exact) mass is 295 g/mol. The van der Waals surface area contributed by atoms with Gasteiger partial charge in [0.2, 0.25) is 11.8 Å². The molecule has 1 aliphatic carbocycles. The smallest absolute Gasteiger partial charge is 0.353 e. The Morgan fingerprint density at radius 1 is 1.30 bits per heavy atom. The molecule has 0 aliphatic heterocycles. The summed E-state index contributed by atoms with van der Waals surface area (Å²) >= 11 is 0. The van der Waals surface area contributed by atoms with Crippen molar-refractivity contribution < 1.29 is 22.8 Å². The van der Waals surface area contributed by atoms with Crippen molar-refractivity contribution in [3.63, 3.8) is 0 Å². The van der Waals surface area contributed by atoms with Gasteiger partial charge in [0.05, 0.1) is 6.04 Å². The van der Waals surface area contributed by atoms with Gasteiger partial charge >= 0.3 is 6.18 Å². The number of hydrogen-bond acceptors (Lipinski definition) is 3. The predicted molar refractivity (Wildman–Crippen MR) is 66.9 cm³/mol. The Morgan fingerprint density at radius 2 is 1.95 bits per heavy atom. The van der Waals surface area contributed by atoms with Gasteiger partial charge in [0.25, 0.3) is 0 Å². The third-order valence-corrected chi connectivity index (χ3v) is 2.83. The van der Waals surface area contributed by atoms with Gasteiger partial charge in [-0.15, -0.1) is 0 Å². The van der Waals surface area contributed by atoms with Crippen molar-refractivity contribution in [1.82, 2.24) is 16.0 Å². The highest BCUT2D eigenvalue weighted by Crippen LogP contribution is 2.18. The molecular formula is C12H20F3N3O2. The van der Waals surface area contributed by atoms with E-state index in [4.69, 9.17) is 0 Å². The van der Waals surface area contributed by atoms with Crippen LogP contribution >= 0.6 is 0 Å². The van der Waals surface area contributed by atoms with Gasteiger partial charge in [0, 0.05) is 12.5 Å². The van der Waals surface area contributed by atoms with Gasteiger partial charge in [-0.1, -0.05) is 0 Å². The summed E-state index contributed by atoms with van der Waals surface area (Å²) in [7, 11) is 0. The average molecular weight is 295 g/mol. The van der Waals surface area contributed by atoms with Crippen LogP contribution in [-0.2, 0) is 9.59 Å². The molecule has 1 rings (SSSR count). The molecule has 0 aromatic heterocycles. The molecule has 8 heteroatoms. The fraction of sp³-hybridized carbons (Fsp3) is 0.833. The number of hydrogen-bond donors (Lipinski definition) is 3. The summed E-state index contributed by atoms with van der Waals surface area (Å²) in [5, 5.41) is 7.41. The molecule has 0 aromatic carbocycles. The van der Waals surface area contributed by atoms with Gasteiger partial charge in [0.1, 0.15) is 6.54 Å². The molecule has 20 heavy (non-hydrogen) atoms. The summed E-state index contributed by atoms with van der Waals surface area (Å²) in [5.74, 6) is -0.728. The molecule has 0 radical (unpaired) electrons. The Bertz CT molecular complexity index is 343. The first-order valence-corrected chi connectivity index (χ1v) is 6.65. The molecule has 0 heterocycles. The predicted octanol–water partition coefficient (Wildman–Crippen LogP) is 0.702. The maximum absolute atomic E-state index is 11.9. The van der Waals surface area contributed by atoms with Crippen LogP contribution in [0.1, 0.15) is 32.6 Å². The quantitative estimate of drug-likeness (QED) is 0.577. The van der Waals surface area contributed by atoms with Crippen molar-refractivity contribution >= 4 is 11.8 Å². The largest absolute Gasteiger partial charge is 0.405 e. The van der Waals surface area contributed by atoms with E-state index in [0.717, 1.165) is 12.8 Å². The topological polar surface area (TPSA) is 70.2 Å². The van der Waals surface area contributed by atoms with Crippen molar-refractivity contribution in [1.29, 1.82) is 0 Å². The highest BCUT2D eigenvalue weighted by atomic mass is 19.4. The molecule has 0 bridgehead atoms. The Hall–Kier alpha value is -1.31. The number of amides is 2. The number of rotatable bonds is 8. The second-order valence-electron chi connectivity index (χ2n) is 4.95. The Balaban J connectivity index is 2.04. The van der Waals surface area contributed by atoms with Gasteiger partial charge in [-0.25, -0.2) is 0 Å². The van der Waals surface area contributed by atoms with Crippen molar-refractivity contribution in [2.24, 2.45) is 0 Å². The lowest BCUT2D eigenvalue weighted by atomic mass is 10.2. The molecule has 1 fully saturated rings. The highest BCUT2D eigenvalue weighted by Gasteiger charge is 2.28. The van der Waals surface area contributed by atoms with E-state index >= 15 is 0 Å². The van der Waals surface area contributed by atoms with E-state index in [9.17, 15) is 22.8 Å². The second kappa shape index (κ2) is 7.47. The normalized spacial score (nSPS) is 16.6. The van der Waals surface area contributed by atoms with Gasteiger partial charge in [-0.2, -0.15) is 13.2 Å². The third-order valence-electron chi connectivity index (χ3n) is 2.83. The number of carbonyl (C=O) groups is 2. The Labute approximate surface area is 115 Å². The van der Waals surface area contributed by atoms with E-state index in [1.165, 1.54) is 6.92 Å². The minimum Gasteiger partial charge on any atom is -0.353 e. The molecule has 0 aromatic rings. The zero-order valence-electron chi connectivity index (χ0n) is 11.3. The van der Waals surface area contributed by atoms with E-state index in [-0.39, 0.29) is 5.91 Å². The van der Waals surface area contributed by atoms with Crippen molar-refractivity contribution in [2.75, 3.05) is 13.1 Å². The van der Waals surface area contributed by atoms with Gasteiger partial charge < -0.3 is 16.0 Å². The van der Waals surface area contributed by atoms with Gasteiger partial charge in [-0.05, 0) is 32.7 Å². The standard InChI is InChI=1S/C12H20F3N3O2/c1-8(11(20)17-7-12(13,14)15)16-6-2-3-10(19)18-9-4-5-9/h8-9,16H,2-7H2,1H3,(H,17,20)(H,18,19). The lowest BCUT2D eigenvalue weighted by Crippen LogP contribution is -2.45. The molecule has 1 aliphatic rings. The summed E-state index contributed by atoms with van der Waals surface area (Å²) in [6.45, 7) is 0.552. The molecule has 0 spiro atoms. The molecule has 2 amide bonds. The summed E-state index contributed by atoms with van der Waals surface area (Å²) in [5.41, 5.74) is 0. The minimum atomic E-state index is -4.41. The molecule has 0 saturated heterocycles. The maximum atomic E-state index is 11.9. The lowest BCUT2D eigenvalue weighted by molar-refractivity contribution is -0.139.